The molecule has 2 heterocycles. The summed E-state index contributed by atoms with van der Waals surface area (Å²) in [5.41, 5.74) is 3.23. The number of piperidine rings is 1. The second-order valence-electron chi connectivity index (χ2n) is 6.54. The first-order chi connectivity index (χ1) is 12.1. The number of rotatable bonds is 4. The fourth-order valence-corrected chi connectivity index (χ4v) is 3.18. The minimum Gasteiger partial charge on any atom is -0.349 e. The first-order valence-corrected chi connectivity index (χ1v) is 8.62. The lowest BCUT2D eigenvalue weighted by atomic mass is 9.95. The van der Waals surface area contributed by atoms with Gasteiger partial charge in [-0.1, -0.05) is 24.3 Å². The molecule has 2 aromatic rings. The van der Waals surface area contributed by atoms with Gasteiger partial charge in [0.05, 0.1) is 6.04 Å². The molecular weight excluding hydrogens is 314 g/mol. The molecule has 2 amide bonds. The molecule has 5 heteroatoms. The first kappa shape index (κ1) is 17.1. The smallest absolute Gasteiger partial charge is 0.234 e. The Morgan fingerprint density at radius 1 is 1.16 bits per heavy atom. The summed E-state index contributed by atoms with van der Waals surface area (Å²) < 4.78 is 0. The molecule has 0 saturated carbocycles. The van der Waals surface area contributed by atoms with Gasteiger partial charge in [-0.25, -0.2) is 0 Å². The lowest BCUT2D eigenvalue weighted by Crippen LogP contribution is -2.46. The van der Waals surface area contributed by atoms with Crippen molar-refractivity contribution in [1.82, 2.24) is 15.2 Å². The van der Waals surface area contributed by atoms with Gasteiger partial charge in [-0.3, -0.25) is 14.6 Å². The van der Waals surface area contributed by atoms with Crippen LogP contribution in [0, 0.1) is 5.92 Å². The minimum absolute atomic E-state index is 0.0796. The van der Waals surface area contributed by atoms with Crippen LogP contribution >= 0.6 is 0 Å². The van der Waals surface area contributed by atoms with Crippen molar-refractivity contribution < 1.29 is 9.59 Å². The van der Waals surface area contributed by atoms with Crippen molar-refractivity contribution in [3.05, 3.63) is 54.4 Å². The first-order valence-electron chi connectivity index (χ1n) is 8.62. The molecule has 1 fully saturated rings. The number of pyridine rings is 1. The molecule has 0 aliphatic carbocycles. The Morgan fingerprint density at radius 2 is 1.80 bits per heavy atom. The molecule has 1 saturated heterocycles. The van der Waals surface area contributed by atoms with Gasteiger partial charge in [0.2, 0.25) is 11.8 Å². The highest BCUT2D eigenvalue weighted by atomic mass is 16.2. The van der Waals surface area contributed by atoms with Crippen molar-refractivity contribution in [2.45, 2.75) is 25.8 Å². The number of hydrogen-bond acceptors (Lipinski definition) is 3. The zero-order chi connectivity index (χ0) is 17.8. The Hall–Kier alpha value is -2.69. The summed E-state index contributed by atoms with van der Waals surface area (Å²) in [7, 11) is 1.75. The highest BCUT2D eigenvalue weighted by Gasteiger charge is 2.32. The van der Waals surface area contributed by atoms with E-state index in [1.165, 1.54) is 0 Å². The van der Waals surface area contributed by atoms with Crippen LogP contribution in [0.15, 0.2) is 48.8 Å². The molecule has 2 atom stereocenters. The number of aromatic nitrogens is 1. The molecule has 1 aliphatic rings. The lowest BCUT2D eigenvalue weighted by Gasteiger charge is -2.29. The Morgan fingerprint density at radius 3 is 2.48 bits per heavy atom. The van der Waals surface area contributed by atoms with Gasteiger partial charge in [0, 0.05) is 26.0 Å². The Balaban J connectivity index is 1.66. The number of carbonyl (C=O) groups excluding carboxylic acids is 2. The van der Waals surface area contributed by atoms with Gasteiger partial charge >= 0.3 is 0 Å². The lowest BCUT2D eigenvalue weighted by molar-refractivity contribution is -0.144. The summed E-state index contributed by atoms with van der Waals surface area (Å²) >= 11 is 0. The topological polar surface area (TPSA) is 62.3 Å². The Kier molecular flexibility index (Phi) is 5.12. The van der Waals surface area contributed by atoms with Crippen LogP contribution in [0.5, 0.6) is 0 Å². The Bertz CT molecular complexity index is 743. The van der Waals surface area contributed by atoms with Gasteiger partial charge < -0.3 is 10.2 Å². The van der Waals surface area contributed by atoms with Gasteiger partial charge in [0.15, 0.2) is 0 Å². The van der Waals surface area contributed by atoms with E-state index in [1.807, 2.05) is 43.3 Å². The molecule has 130 valence electrons. The third kappa shape index (κ3) is 3.87. The predicted molar refractivity (Wildman–Crippen MR) is 96.6 cm³/mol. The summed E-state index contributed by atoms with van der Waals surface area (Å²) in [6, 6.07) is 11.9. The quantitative estimate of drug-likeness (QED) is 0.873. The maximum Gasteiger partial charge on any atom is 0.234 e. The van der Waals surface area contributed by atoms with Crippen molar-refractivity contribution in [1.29, 1.82) is 0 Å². The van der Waals surface area contributed by atoms with Crippen molar-refractivity contribution in [2.75, 3.05) is 13.6 Å². The SMILES string of the molecule is CC(NC(=O)C1CCCN(C)C1=O)c1ccc(-c2ccncc2)cc1. The number of nitrogens with zero attached hydrogens (tertiary/aromatic N) is 2. The zero-order valence-electron chi connectivity index (χ0n) is 14.6. The second kappa shape index (κ2) is 7.47. The van der Waals surface area contributed by atoms with Crippen LogP contribution in [0.1, 0.15) is 31.4 Å². The molecule has 1 N–H and O–H groups in total. The summed E-state index contributed by atoms with van der Waals surface area (Å²) in [6.07, 6.45) is 5.03. The van der Waals surface area contributed by atoms with Gasteiger partial charge in [-0.2, -0.15) is 0 Å². The summed E-state index contributed by atoms with van der Waals surface area (Å²) in [6.45, 7) is 2.67. The number of carbonyl (C=O) groups is 2. The highest BCUT2D eigenvalue weighted by Crippen LogP contribution is 2.23. The molecule has 0 bridgehead atoms. The minimum atomic E-state index is -0.558. The van der Waals surface area contributed by atoms with E-state index in [9.17, 15) is 9.59 Å². The number of amides is 2. The Labute approximate surface area is 148 Å². The molecule has 2 unspecified atom stereocenters. The summed E-state index contributed by atoms with van der Waals surface area (Å²) in [5.74, 6) is -0.816. The van der Waals surface area contributed by atoms with E-state index in [4.69, 9.17) is 0 Å². The van der Waals surface area contributed by atoms with Crippen LogP contribution in [0.4, 0.5) is 0 Å². The maximum absolute atomic E-state index is 12.5. The molecule has 0 spiro atoms. The summed E-state index contributed by atoms with van der Waals surface area (Å²) in [5, 5.41) is 2.98. The molecular formula is C20H23N3O2. The number of nitrogens with one attached hydrogen (secondary N) is 1. The van der Waals surface area contributed by atoms with E-state index in [0.29, 0.717) is 6.42 Å². The van der Waals surface area contributed by atoms with Crippen LogP contribution in [0.2, 0.25) is 0 Å². The van der Waals surface area contributed by atoms with Gasteiger partial charge in [0.1, 0.15) is 5.92 Å². The van der Waals surface area contributed by atoms with Crippen LogP contribution in [-0.4, -0.2) is 35.3 Å². The molecule has 0 radical (unpaired) electrons. The van der Waals surface area contributed by atoms with Crippen LogP contribution in [0.25, 0.3) is 11.1 Å². The normalized spacial score (nSPS) is 18.7. The second-order valence-corrected chi connectivity index (χ2v) is 6.54. The fraction of sp³-hybridized carbons (Fsp3) is 0.350. The number of hydrogen-bond donors (Lipinski definition) is 1. The van der Waals surface area contributed by atoms with Crippen molar-refractivity contribution in [2.24, 2.45) is 5.92 Å². The van der Waals surface area contributed by atoms with E-state index in [2.05, 4.69) is 10.3 Å². The molecule has 1 aliphatic heterocycles. The third-order valence-electron chi connectivity index (χ3n) is 4.76. The highest BCUT2D eigenvalue weighted by molar-refractivity contribution is 6.00. The van der Waals surface area contributed by atoms with E-state index < -0.39 is 5.92 Å². The van der Waals surface area contributed by atoms with Crippen LogP contribution in [-0.2, 0) is 9.59 Å². The standard InChI is InChI=1S/C20H23N3O2/c1-14(22-19(24)18-4-3-13-23(2)20(18)25)15-5-7-16(8-6-15)17-9-11-21-12-10-17/h5-12,14,18H,3-4,13H2,1-2H3,(H,22,24). The molecule has 25 heavy (non-hydrogen) atoms. The van der Waals surface area contributed by atoms with Gasteiger partial charge in [-0.15, -0.1) is 0 Å². The average Bonchev–Trinajstić information content (AvgIpc) is 2.64. The molecule has 3 rings (SSSR count). The average molecular weight is 337 g/mol. The zero-order valence-corrected chi connectivity index (χ0v) is 14.6. The van der Waals surface area contributed by atoms with E-state index in [1.54, 1.807) is 24.3 Å². The van der Waals surface area contributed by atoms with E-state index in [0.717, 1.165) is 29.7 Å². The van der Waals surface area contributed by atoms with Crippen molar-refractivity contribution in [3.63, 3.8) is 0 Å². The van der Waals surface area contributed by atoms with Crippen LogP contribution in [0.3, 0.4) is 0 Å². The fourth-order valence-electron chi connectivity index (χ4n) is 3.18. The maximum atomic E-state index is 12.5. The van der Waals surface area contributed by atoms with Crippen molar-refractivity contribution in [3.8, 4) is 11.1 Å². The van der Waals surface area contributed by atoms with E-state index >= 15 is 0 Å². The largest absolute Gasteiger partial charge is 0.349 e. The van der Waals surface area contributed by atoms with E-state index in [-0.39, 0.29) is 17.9 Å². The molecule has 1 aromatic carbocycles. The predicted octanol–water partition coefficient (Wildman–Crippen LogP) is 2.79. The molecule has 1 aromatic heterocycles. The summed E-state index contributed by atoms with van der Waals surface area (Å²) in [4.78, 5) is 30.3. The van der Waals surface area contributed by atoms with Crippen LogP contribution < -0.4 is 5.32 Å². The van der Waals surface area contributed by atoms with Gasteiger partial charge in [0.25, 0.3) is 0 Å². The number of likely N-dealkylation sites (tertiary alicyclic amines) is 1. The van der Waals surface area contributed by atoms with Crippen molar-refractivity contribution >= 4 is 11.8 Å². The monoisotopic (exact) mass is 337 g/mol. The number of benzene rings is 1. The third-order valence-corrected chi connectivity index (χ3v) is 4.76. The van der Waals surface area contributed by atoms with Gasteiger partial charge in [-0.05, 0) is 48.6 Å². The molecule has 5 nitrogen and oxygen atoms in total.